The molecule has 0 aromatic heterocycles. The maximum absolute atomic E-state index is 13.7. The number of fused-ring (bicyclic) bond motifs is 1. The molecular formula is C16H12BrF2NO3. The van der Waals surface area contributed by atoms with Crippen LogP contribution in [0.2, 0.25) is 0 Å². The van der Waals surface area contributed by atoms with Gasteiger partial charge in [0.15, 0.2) is 0 Å². The molecule has 2 aromatic rings. The summed E-state index contributed by atoms with van der Waals surface area (Å²) >= 11 is 3.18. The van der Waals surface area contributed by atoms with Crippen LogP contribution in [0.15, 0.2) is 34.8 Å². The zero-order chi connectivity index (χ0) is 16.7. The lowest BCUT2D eigenvalue weighted by Gasteiger charge is -2.36. The Morgan fingerprint density at radius 3 is 2.65 bits per heavy atom. The van der Waals surface area contributed by atoms with E-state index < -0.39 is 23.8 Å². The van der Waals surface area contributed by atoms with Gasteiger partial charge in [-0.3, -0.25) is 4.90 Å². The van der Waals surface area contributed by atoms with E-state index in [-0.39, 0.29) is 22.3 Å². The van der Waals surface area contributed by atoms with Crippen molar-refractivity contribution in [2.24, 2.45) is 0 Å². The van der Waals surface area contributed by atoms with Crippen LogP contribution in [0.1, 0.15) is 22.7 Å². The molecule has 1 heterocycles. The van der Waals surface area contributed by atoms with Crippen molar-refractivity contribution in [3.63, 3.8) is 0 Å². The van der Waals surface area contributed by atoms with E-state index in [1.165, 1.54) is 18.2 Å². The molecule has 0 saturated carbocycles. The van der Waals surface area contributed by atoms with E-state index in [1.807, 2.05) is 0 Å². The summed E-state index contributed by atoms with van der Waals surface area (Å²) in [6.45, 7) is 0.116. The Labute approximate surface area is 139 Å². The summed E-state index contributed by atoms with van der Waals surface area (Å²) in [4.78, 5) is 12.7. The zero-order valence-electron chi connectivity index (χ0n) is 11.8. The Balaban J connectivity index is 2.24. The molecule has 2 N–H and O–H groups in total. The van der Waals surface area contributed by atoms with Crippen LogP contribution in [0.3, 0.4) is 0 Å². The summed E-state index contributed by atoms with van der Waals surface area (Å²) in [7, 11) is 0. The van der Waals surface area contributed by atoms with Crippen molar-refractivity contribution in [3.8, 4) is 5.75 Å². The minimum atomic E-state index is -1.19. The lowest BCUT2D eigenvalue weighted by molar-refractivity contribution is 0.128. The average Bonchev–Trinajstić information content (AvgIpc) is 2.52. The van der Waals surface area contributed by atoms with Crippen LogP contribution in [0.25, 0.3) is 0 Å². The van der Waals surface area contributed by atoms with E-state index in [2.05, 4.69) is 15.9 Å². The number of hydrogen-bond acceptors (Lipinski definition) is 2. The van der Waals surface area contributed by atoms with Crippen LogP contribution in [-0.4, -0.2) is 27.8 Å². The van der Waals surface area contributed by atoms with Gasteiger partial charge in [-0.15, -0.1) is 0 Å². The van der Waals surface area contributed by atoms with Crippen LogP contribution >= 0.6 is 15.9 Å². The Hall–Kier alpha value is -2.15. The summed E-state index contributed by atoms with van der Waals surface area (Å²) in [5.41, 5.74) is 1.27. The van der Waals surface area contributed by atoms with Crippen LogP contribution < -0.4 is 0 Å². The van der Waals surface area contributed by atoms with Gasteiger partial charge in [0.25, 0.3) is 0 Å². The molecule has 7 heteroatoms. The van der Waals surface area contributed by atoms with Crippen LogP contribution in [0.5, 0.6) is 5.75 Å². The number of amides is 1. The molecule has 4 nitrogen and oxygen atoms in total. The fraction of sp³-hybridized carbons (Fsp3) is 0.188. The van der Waals surface area contributed by atoms with Gasteiger partial charge in [0.05, 0.1) is 10.5 Å². The number of carbonyl (C=O) groups is 1. The Morgan fingerprint density at radius 1 is 1.22 bits per heavy atom. The van der Waals surface area contributed by atoms with Crippen molar-refractivity contribution in [1.29, 1.82) is 0 Å². The van der Waals surface area contributed by atoms with Gasteiger partial charge in [0.1, 0.15) is 17.4 Å². The number of aromatic hydroxyl groups is 1. The van der Waals surface area contributed by atoms with Crippen LogP contribution in [-0.2, 0) is 6.42 Å². The zero-order valence-corrected chi connectivity index (χ0v) is 13.3. The molecule has 0 fully saturated rings. The van der Waals surface area contributed by atoms with Crippen molar-refractivity contribution in [1.82, 2.24) is 4.90 Å². The fourth-order valence-corrected chi connectivity index (χ4v) is 3.49. The standard InChI is InChI=1S/C16H12BrF2NO3/c17-14-9-5-6-20(16(22)23)15(10(9)2-3-12(14)19)11-7-8(18)1-4-13(11)21/h1-4,7,15,21H,5-6H2,(H,22,23). The number of nitrogens with zero attached hydrogens (tertiary/aromatic N) is 1. The first-order valence-electron chi connectivity index (χ1n) is 6.85. The van der Waals surface area contributed by atoms with E-state index in [1.54, 1.807) is 0 Å². The third kappa shape index (κ3) is 2.65. The summed E-state index contributed by atoms with van der Waals surface area (Å²) in [5, 5.41) is 19.5. The molecule has 0 radical (unpaired) electrons. The first kappa shape index (κ1) is 15.7. The first-order chi connectivity index (χ1) is 10.9. The molecule has 3 rings (SSSR count). The number of rotatable bonds is 1. The number of phenolic OH excluding ortho intramolecular Hbond substituents is 1. The maximum Gasteiger partial charge on any atom is 0.408 e. The number of carboxylic acid groups (broad SMARTS) is 1. The highest BCUT2D eigenvalue weighted by atomic mass is 79.9. The van der Waals surface area contributed by atoms with Gasteiger partial charge in [-0.05, 0) is 57.7 Å². The first-order valence-corrected chi connectivity index (χ1v) is 7.64. The predicted molar refractivity (Wildman–Crippen MR) is 82.4 cm³/mol. The maximum atomic E-state index is 13.7. The molecule has 23 heavy (non-hydrogen) atoms. The summed E-state index contributed by atoms with van der Waals surface area (Å²) in [5.74, 6) is -1.25. The summed E-state index contributed by atoms with van der Waals surface area (Å²) in [6.07, 6.45) is -0.864. The highest BCUT2D eigenvalue weighted by Gasteiger charge is 2.35. The van der Waals surface area contributed by atoms with Gasteiger partial charge in [-0.2, -0.15) is 0 Å². The van der Waals surface area contributed by atoms with Gasteiger partial charge in [0.2, 0.25) is 0 Å². The second-order valence-electron chi connectivity index (χ2n) is 5.26. The molecule has 0 aliphatic carbocycles. The molecule has 0 bridgehead atoms. The molecule has 1 atom stereocenters. The molecule has 120 valence electrons. The van der Waals surface area contributed by atoms with Gasteiger partial charge in [-0.25, -0.2) is 13.6 Å². The second kappa shape index (κ2) is 5.81. The van der Waals surface area contributed by atoms with Gasteiger partial charge < -0.3 is 10.2 Å². The third-order valence-corrected chi connectivity index (χ3v) is 4.83. The molecule has 0 spiro atoms. The number of benzene rings is 2. The van der Waals surface area contributed by atoms with E-state index in [9.17, 15) is 23.8 Å². The van der Waals surface area contributed by atoms with Crippen LogP contribution in [0.4, 0.5) is 13.6 Å². The monoisotopic (exact) mass is 383 g/mol. The topological polar surface area (TPSA) is 60.8 Å². The third-order valence-electron chi connectivity index (χ3n) is 3.97. The highest BCUT2D eigenvalue weighted by molar-refractivity contribution is 9.10. The highest BCUT2D eigenvalue weighted by Crippen LogP contribution is 2.41. The molecule has 0 saturated heterocycles. The lowest BCUT2D eigenvalue weighted by atomic mass is 9.88. The molecule has 1 aliphatic rings. The molecular weight excluding hydrogens is 372 g/mol. The summed E-state index contributed by atoms with van der Waals surface area (Å²) < 4.78 is 27.6. The Kier molecular flexibility index (Phi) is 3.97. The van der Waals surface area contributed by atoms with Crippen LogP contribution in [0, 0.1) is 11.6 Å². The quantitative estimate of drug-likeness (QED) is 0.780. The normalized spacial score (nSPS) is 17.0. The van der Waals surface area contributed by atoms with Gasteiger partial charge >= 0.3 is 6.09 Å². The summed E-state index contributed by atoms with van der Waals surface area (Å²) in [6, 6.07) is 5.16. The smallest absolute Gasteiger partial charge is 0.408 e. The second-order valence-corrected chi connectivity index (χ2v) is 6.05. The van der Waals surface area contributed by atoms with E-state index in [0.29, 0.717) is 17.5 Å². The predicted octanol–water partition coefficient (Wildman–Crippen LogP) is 4.06. The SMILES string of the molecule is O=C(O)N1CCc2c(ccc(F)c2Br)C1c1cc(F)ccc1O. The molecule has 2 aromatic carbocycles. The van der Waals surface area contributed by atoms with Crippen molar-refractivity contribution >= 4 is 22.0 Å². The number of hydrogen-bond donors (Lipinski definition) is 2. The lowest BCUT2D eigenvalue weighted by Crippen LogP contribution is -2.40. The van der Waals surface area contributed by atoms with Gasteiger partial charge in [-0.1, -0.05) is 6.07 Å². The van der Waals surface area contributed by atoms with Crippen molar-refractivity contribution < 1.29 is 23.8 Å². The Morgan fingerprint density at radius 2 is 1.96 bits per heavy atom. The van der Waals surface area contributed by atoms with E-state index in [0.717, 1.165) is 17.0 Å². The van der Waals surface area contributed by atoms with E-state index in [4.69, 9.17) is 0 Å². The van der Waals surface area contributed by atoms with E-state index >= 15 is 0 Å². The fourth-order valence-electron chi connectivity index (χ4n) is 2.93. The van der Waals surface area contributed by atoms with Crippen molar-refractivity contribution in [2.45, 2.75) is 12.5 Å². The van der Waals surface area contributed by atoms with Crippen molar-refractivity contribution in [2.75, 3.05) is 6.54 Å². The number of phenols is 1. The largest absolute Gasteiger partial charge is 0.508 e. The molecule has 1 amide bonds. The van der Waals surface area contributed by atoms with Gasteiger partial charge in [0, 0.05) is 12.1 Å². The molecule has 1 unspecified atom stereocenters. The van der Waals surface area contributed by atoms with Crippen molar-refractivity contribution in [3.05, 3.63) is 63.1 Å². The Bertz CT molecular complexity index is 797. The minimum Gasteiger partial charge on any atom is -0.508 e. The molecule has 1 aliphatic heterocycles. The number of halogens is 3. The average molecular weight is 384 g/mol. The minimum absolute atomic E-state index is 0.116.